The lowest BCUT2D eigenvalue weighted by Crippen LogP contribution is -2.25. The van der Waals surface area contributed by atoms with Crippen molar-refractivity contribution in [3.63, 3.8) is 0 Å². The number of rotatable bonds is 3. The van der Waals surface area contributed by atoms with Gasteiger partial charge in [0, 0.05) is 11.5 Å². The molecule has 19 heavy (non-hydrogen) atoms. The molecule has 1 saturated carbocycles. The fourth-order valence-electron chi connectivity index (χ4n) is 2.84. The van der Waals surface area contributed by atoms with E-state index in [1.165, 1.54) is 24.0 Å². The second-order valence-electron chi connectivity index (χ2n) is 6.67. The third kappa shape index (κ3) is 2.48. The molecule has 0 aliphatic heterocycles. The van der Waals surface area contributed by atoms with Crippen molar-refractivity contribution in [2.75, 3.05) is 0 Å². The van der Waals surface area contributed by atoms with Crippen LogP contribution in [0.2, 0.25) is 0 Å². The molecule has 0 aromatic carbocycles. The quantitative estimate of drug-likeness (QED) is 0.894. The van der Waals surface area contributed by atoms with E-state index in [1.807, 2.05) is 6.92 Å². The van der Waals surface area contributed by atoms with E-state index in [9.17, 15) is 5.11 Å². The molecule has 0 amide bonds. The molecule has 1 heterocycles. The second-order valence-corrected chi connectivity index (χ2v) is 6.67. The fraction of sp³-hybridized carbons (Fsp3) is 0.688. The molecule has 0 bridgehead atoms. The topological polar surface area (TPSA) is 46.3 Å². The summed E-state index contributed by atoms with van der Waals surface area (Å²) < 4.78 is 5.63. The van der Waals surface area contributed by atoms with E-state index >= 15 is 0 Å². The van der Waals surface area contributed by atoms with Crippen LogP contribution in [0, 0.1) is 0 Å². The first-order valence-electron chi connectivity index (χ1n) is 7.39. The lowest BCUT2D eigenvalue weighted by atomic mass is 9.82. The Hall–Kier alpha value is -1.09. The maximum absolute atomic E-state index is 10.1. The van der Waals surface area contributed by atoms with Gasteiger partial charge in [-0.3, -0.25) is 0 Å². The maximum atomic E-state index is 10.1. The van der Waals surface area contributed by atoms with Crippen LogP contribution in [-0.4, -0.2) is 15.9 Å². The summed E-state index contributed by atoms with van der Waals surface area (Å²) in [6.07, 6.45) is 7.12. The summed E-state index contributed by atoms with van der Waals surface area (Å²) >= 11 is 0. The highest BCUT2D eigenvalue weighted by atomic mass is 16.5. The van der Waals surface area contributed by atoms with E-state index in [-0.39, 0.29) is 0 Å². The summed E-state index contributed by atoms with van der Waals surface area (Å²) in [5, 5.41) is 14.4. The van der Waals surface area contributed by atoms with Gasteiger partial charge in [-0.15, -0.1) is 0 Å². The van der Waals surface area contributed by atoms with Crippen LogP contribution in [0.1, 0.15) is 81.7 Å². The van der Waals surface area contributed by atoms with Crippen LogP contribution in [-0.2, 0) is 0 Å². The van der Waals surface area contributed by atoms with E-state index < -0.39 is 5.60 Å². The van der Waals surface area contributed by atoms with Gasteiger partial charge in [0.05, 0.1) is 11.3 Å². The Balaban J connectivity index is 1.99. The predicted octanol–water partition coefficient (Wildman–Crippen LogP) is 3.99. The van der Waals surface area contributed by atoms with E-state index in [0.29, 0.717) is 11.8 Å². The van der Waals surface area contributed by atoms with Crippen molar-refractivity contribution in [3.05, 3.63) is 23.1 Å². The van der Waals surface area contributed by atoms with Gasteiger partial charge in [-0.25, -0.2) is 0 Å². The molecule has 3 nitrogen and oxygen atoms in total. The molecule has 3 heteroatoms. The molecule has 1 aromatic heterocycles. The maximum Gasteiger partial charge on any atom is 0.147 e. The standard InChI is InChI=1S/C16H23NO2/c1-10(2)14-13(15(19-17-14)12-4-5-12)11-6-8-16(3,18)9-7-11/h6,10,12,18H,4-5,7-9H2,1-3H3. The van der Waals surface area contributed by atoms with Crippen molar-refractivity contribution < 1.29 is 9.63 Å². The predicted molar refractivity (Wildman–Crippen MR) is 75.0 cm³/mol. The lowest BCUT2D eigenvalue weighted by Gasteiger charge is -2.27. The highest BCUT2D eigenvalue weighted by Crippen LogP contribution is 2.47. The smallest absolute Gasteiger partial charge is 0.147 e. The van der Waals surface area contributed by atoms with Crippen molar-refractivity contribution in [1.29, 1.82) is 0 Å². The molecule has 1 atom stereocenters. The van der Waals surface area contributed by atoms with Crippen LogP contribution < -0.4 is 0 Å². The van der Waals surface area contributed by atoms with Crippen LogP contribution in [0.15, 0.2) is 10.6 Å². The van der Waals surface area contributed by atoms with E-state index in [0.717, 1.165) is 30.7 Å². The first-order chi connectivity index (χ1) is 8.98. The van der Waals surface area contributed by atoms with Gasteiger partial charge in [0.15, 0.2) is 0 Å². The summed E-state index contributed by atoms with van der Waals surface area (Å²) in [5.74, 6) is 2.06. The first-order valence-corrected chi connectivity index (χ1v) is 7.39. The molecule has 104 valence electrons. The minimum absolute atomic E-state index is 0.384. The first kappa shape index (κ1) is 12.9. The molecule has 1 aromatic rings. The summed E-state index contributed by atoms with van der Waals surface area (Å²) in [4.78, 5) is 0. The zero-order valence-corrected chi connectivity index (χ0v) is 12.1. The molecule has 1 N–H and O–H groups in total. The van der Waals surface area contributed by atoms with E-state index in [4.69, 9.17) is 4.52 Å². The number of aromatic nitrogens is 1. The van der Waals surface area contributed by atoms with Crippen LogP contribution in [0.25, 0.3) is 5.57 Å². The molecular formula is C16H23NO2. The van der Waals surface area contributed by atoms with Gasteiger partial charge in [-0.05, 0) is 50.5 Å². The van der Waals surface area contributed by atoms with Crippen molar-refractivity contribution in [2.24, 2.45) is 0 Å². The number of hydrogen-bond acceptors (Lipinski definition) is 3. The normalized spacial score (nSPS) is 27.7. The Kier molecular flexibility index (Phi) is 3.05. The number of allylic oxidation sites excluding steroid dienone is 1. The molecule has 1 unspecified atom stereocenters. The Morgan fingerprint density at radius 2 is 2.16 bits per heavy atom. The summed E-state index contributed by atoms with van der Waals surface area (Å²) in [7, 11) is 0. The van der Waals surface area contributed by atoms with Crippen LogP contribution >= 0.6 is 0 Å². The largest absolute Gasteiger partial charge is 0.390 e. The summed E-state index contributed by atoms with van der Waals surface area (Å²) in [5.41, 5.74) is 3.14. The number of aliphatic hydroxyl groups is 1. The fourth-order valence-corrected chi connectivity index (χ4v) is 2.84. The SMILES string of the molecule is CC(C)c1noc(C2CC2)c1C1=CCC(C)(O)CC1. The second kappa shape index (κ2) is 4.48. The number of hydrogen-bond donors (Lipinski definition) is 1. The average molecular weight is 261 g/mol. The van der Waals surface area contributed by atoms with Crippen LogP contribution in [0.4, 0.5) is 0 Å². The molecular weight excluding hydrogens is 238 g/mol. The van der Waals surface area contributed by atoms with E-state index in [2.05, 4.69) is 25.1 Å². The zero-order chi connectivity index (χ0) is 13.6. The van der Waals surface area contributed by atoms with Gasteiger partial charge in [0.1, 0.15) is 5.76 Å². The third-order valence-electron chi connectivity index (χ3n) is 4.28. The van der Waals surface area contributed by atoms with E-state index in [1.54, 1.807) is 0 Å². The van der Waals surface area contributed by atoms with Crippen LogP contribution in [0.3, 0.4) is 0 Å². The van der Waals surface area contributed by atoms with Gasteiger partial charge in [0.2, 0.25) is 0 Å². The van der Waals surface area contributed by atoms with Crippen molar-refractivity contribution in [2.45, 2.75) is 70.3 Å². The van der Waals surface area contributed by atoms with Crippen molar-refractivity contribution in [3.8, 4) is 0 Å². The average Bonchev–Trinajstić information content (AvgIpc) is 3.08. The van der Waals surface area contributed by atoms with Crippen molar-refractivity contribution in [1.82, 2.24) is 5.16 Å². The Bertz CT molecular complexity index is 487. The molecule has 0 radical (unpaired) electrons. The minimum Gasteiger partial charge on any atom is -0.390 e. The molecule has 2 aliphatic carbocycles. The summed E-state index contributed by atoms with van der Waals surface area (Å²) in [6, 6.07) is 0. The molecule has 0 saturated heterocycles. The molecule has 1 fully saturated rings. The van der Waals surface area contributed by atoms with Gasteiger partial charge < -0.3 is 9.63 Å². The Morgan fingerprint density at radius 3 is 2.68 bits per heavy atom. The van der Waals surface area contributed by atoms with Crippen LogP contribution in [0.5, 0.6) is 0 Å². The Morgan fingerprint density at radius 1 is 1.42 bits per heavy atom. The van der Waals surface area contributed by atoms with Gasteiger partial charge in [-0.2, -0.15) is 0 Å². The number of nitrogens with zero attached hydrogens (tertiary/aromatic N) is 1. The van der Waals surface area contributed by atoms with Gasteiger partial charge >= 0.3 is 0 Å². The molecule has 2 aliphatic rings. The lowest BCUT2D eigenvalue weighted by molar-refractivity contribution is 0.0523. The van der Waals surface area contributed by atoms with Crippen molar-refractivity contribution >= 4 is 5.57 Å². The third-order valence-corrected chi connectivity index (χ3v) is 4.28. The van der Waals surface area contributed by atoms with Gasteiger partial charge in [-0.1, -0.05) is 25.1 Å². The molecule has 3 rings (SSSR count). The highest BCUT2D eigenvalue weighted by Gasteiger charge is 2.35. The Labute approximate surface area is 114 Å². The monoisotopic (exact) mass is 261 g/mol. The highest BCUT2D eigenvalue weighted by molar-refractivity contribution is 5.71. The summed E-state index contributed by atoms with van der Waals surface area (Å²) in [6.45, 7) is 6.24. The zero-order valence-electron chi connectivity index (χ0n) is 12.1. The molecule has 0 spiro atoms. The van der Waals surface area contributed by atoms with Gasteiger partial charge in [0.25, 0.3) is 0 Å². The minimum atomic E-state index is -0.543.